The molecule has 2 rings (SSSR count). The Labute approximate surface area is 103 Å². The fourth-order valence-electron chi connectivity index (χ4n) is 2.93. The lowest BCUT2D eigenvalue weighted by atomic mass is 10.0. The third-order valence-electron chi connectivity index (χ3n) is 3.63. The summed E-state index contributed by atoms with van der Waals surface area (Å²) in [6, 6.07) is 0.627. The highest BCUT2D eigenvalue weighted by Gasteiger charge is 2.44. The van der Waals surface area contributed by atoms with E-state index in [0.717, 1.165) is 25.7 Å². The van der Waals surface area contributed by atoms with Crippen LogP contribution in [0.15, 0.2) is 0 Å². The molecule has 1 amide bonds. The minimum atomic E-state index is -0.408. The summed E-state index contributed by atoms with van der Waals surface area (Å²) in [6.07, 6.45) is 4.23. The third-order valence-corrected chi connectivity index (χ3v) is 3.63. The number of amides is 1. The molecule has 0 saturated carbocycles. The number of hydrogen-bond acceptors (Lipinski definition) is 3. The first-order chi connectivity index (χ1) is 7.90. The summed E-state index contributed by atoms with van der Waals surface area (Å²) in [6.45, 7) is 5.73. The molecule has 2 saturated heterocycles. The van der Waals surface area contributed by atoms with Gasteiger partial charge in [0, 0.05) is 19.2 Å². The van der Waals surface area contributed by atoms with E-state index in [1.54, 1.807) is 7.11 Å². The zero-order valence-corrected chi connectivity index (χ0v) is 11.2. The Morgan fingerprint density at radius 1 is 1.18 bits per heavy atom. The standard InChI is InChI=1S/C13H23NO3/c1-13(2,3)17-12(15)14-9-5-6-10(14)8-11(7-9)16-4/h9-11H,5-8H2,1-4H3/t9-,10?,11?/m0/s1. The number of hydrogen-bond donors (Lipinski definition) is 0. The molecule has 17 heavy (non-hydrogen) atoms. The van der Waals surface area contributed by atoms with E-state index >= 15 is 0 Å². The van der Waals surface area contributed by atoms with Crippen molar-refractivity contribution in [3.63, 3.8) is 0 Å². The van der Waals surface area contributed by atoms with Crippen molar-refractivity contribution < 1.29 is 14.3 Å². The Hall–Kier alpha value is -0.770. The van der Waals surface area contributed by atoms with Crippen molar-refractivity contribution in [3.8, 4) is 0 Å². The maximum atomic E-state index is 12.1. The van der Waals surface area contributed by atoms with Crippen LogP contribution in [0, 0.1) is 0 Å². The number of methoxy groups -OCH3 is 1. The average molecular weight is 241 g/mol. The second-order valence-electron chi connectivity index (χ2n) is 6.10. The molecular weight excluding hydrogens is 218 g/mol. The van der Waals surface area contributed by atoms with Crippen LogP contribution in [0.25, 0.3) is 0 Å². The largest absolute Gasteiger partial charge is 0.444 e. The van der Waals surface area contributed by atoms with E-state index in [-0.39, 0.29) is 6.09 Å². The first-order valence-electron chi connectivity index (χ1n) is 6.45. The molecule has 98 valence electrons. The maximum Gasteiger partial charge on any atom is 0.410 e. The summed E-state index contributed by atoms with van der Waals surface area (Å²) < 4.78 is 10.9. The van der Waals surface area contributed by atoms with Crippen LogP contribution in [0.5, 0.6) is 0 Å². The van der Waals surface area contributed by atoms with Crippen molar-refractivity contribution >= 4 is 6.09 Å². The molecule has 0 aromatic heterocycles. The number of fused-ring (bicyclic) bond motifs is 2. The fourth-order valence-corrected chi connectivity index (χ4v) is 2.93. The van der Waals surface area contributed by atoms with E-state index in [1.165, 1.54) is 0 Å². The van der Waals surface area contributed by atoms with E-state index in [0.29, 0.717) is 18.2 Å². The normalized spacial score (nSPS) is 32.7. The molecule has 0 aromatic rings. The highest BCUT2D eigenvalue weighted by Crippen LogP contribution is 2.37. The lowest BCUT2D eigenvalue weighted by Gasteiger charge is -2.38. The zero-order valence-electron chi connectivity index (χ0n) is 11.2. The molecule has 2 aliphatic rings. The molecule has 0 aromatic carbocycles. The highest BCUT2D eigenvalue weighted by molar-refractivity contribution is 5.69. The monoisotopic (exact) mass is 241 g/mol. The Morgan fingerprint density at radius 3 is 2.12 bits per heavy atom. The maximum absolute atomic E-state index is 12.1. The average Bonchev–Trinajstić information content (AvgIpc) is 2.47. The molecule has 0 radical (unpaired) electrons. The summed E-state index contributed by atoms with van der Waals surface area (Å²) in [7, 11) is 1.76. The second kappa shape index (κ2) is 4.48. The highest BCUT2D eigenvalue weighted by atomic mass is 16.6. The number of nitrogens with zero attached hydrogens (tertiary/aromatic N) is 1. The van der Waals surface area contributed by atoms with Crippen LogP contribution in [0.3, 0.4) is 0 Å². The van der Waals surface area contributed by atoms with Crippen LogP contribution in [-0.4, -0.2) is 41.9 Å². The van der Waals surface area contributed by atoms with Gasteiger partial charge in [0.15, 0.2) is 0 Å². The van der Waals surface area contributed by atoms with Gasteiger partial charge >= 0.3 is 6.09 Å². The molecule has 0 spiro atoms. The Morgan fingerprint density at radius 2 is 1.71 bits per heavy atom. The van der Waals surface area contributed by atoms with Crippen molar-refractivity contribution in [2.45, 2.75) is 70.2 Å². The molecule has 2 fully saturated rings. The van der Waals surface area contributed by atoms with Crippen molar-refractivity contribution in [1.29, 1.82) is 0 Å². The lowest BCUT2D eigenvalue weighted by Crippen LogP contribution is -2.50. The van der Waals surface area contributed by atoms with Crippen molar-refractivity contribution in [2.75, 3.05) is 7.11 Å². The second-order valence-corrected chi connectivity index (χ2v) is 6.10. The minimum Gasteiger partial charge on any atom is -0.444 e. The molecule has 4 heteroatoms. The van der Waals surface area contributed by atoms with Gasteiger partial charge in [0.1, 0.15) is 5.60 Å². The summed E-state index contributed by atoms with van der Waals surface area (Å²) in [5.74, 6) is 0. The SMILES string of the molecule is COC1CC2CC[C@@H](C1)N2C(=O)OC(C)(C)C. The van der Waals surface area contributed by atoms with Gasteiger partial charge in [-0.2, -0.15) is 0 Å². The summed E-state index contributed by atoms with van der Waals surface area (Å²) in [5, 5.41) is 0. The molecule has 2 aliphatic heterocycles. The first kappa shape index (κ1) is 12.7. The molecule has 0 aliphatic carbocycles. The number of rotatable bonds is 1. The van der Waals surface area contributed by atoms with Gasteiger partial charge in [-0.25, -0.2) is 4.79 Å². The number of ether oxygens (including phenoxy) is 2. The van der Waals surface area contributed by atoms with E-state index in [9.17, 15) is 4.79 Å². The van der Waals surface area contributed by atoms with Crippen molar-refractivity contribution in [1.82, 2.24) is 4.90 Å². The molecular formula is C13H23NO3. The Kier molecular flexibility index (Phi) is 3.34. The molecule has 2 bridgehead atoms. The smallest absolute Gasteiger partial charge is 0.410 e. The van der Waals surface area contributed by atoms with Gasteiger partial charge < -0.3 is 14.4 Å². The van der Waals surface area contributed by atoms with Crippen LogP contribution in [0.2, 0.25) is 0 Å². The molecule has 2 unspecified atom stereocenters. The number of piperidine rings is 1. The van der Waals surface area contributed by atoms with E-state index in [2.05, 4.69) is 0 Å². The summed E-state index contributed by atoms with van der Waals surface area (Å²) in [4.78, 5) is 14.1. The summed E-state index contributed by atoms with van der Waals surface area (Å²) in [5.41, 5.74) is -0.408. The number of carbonyl (C=O) groups excluding carboxylic acids is 1. The van der Waals surface area contributed by atoms with E-state index in [1.807, 2.05) is 25.7 Å². The topological polar surface area (TPSA) is 38.8 Å². The van der Waals surface area contributed by atoms with Crippen molar-refractivity contribution in [3.05, 3.63) is 0 Å². The van der Waals surface area contributed by atoms with Gasteiger partial charge in [0.25, 0.3) is 0 Å². The Bertz CT molecular complexity index is 284. The van der Waals surface area contributed by atoms with Gasteiger partial charge in [-0.05, 0) is 46.5 Å². The minimum absolute atomic E-state index is 0.153. The molecule has 2 heterocycles. The van der Waals surface area contributed by atoms with Crippen LogP contribution >= 0.6 is 0 Å². The van der Waals surface area contributed by atoms with Gasteiger partial charge in [-0.3, -0.25) is 0 Å². The predicted molar refractivity (Wildman–Crippen MR) is 64.9 cm³/mol. The lowest BCUT2D eigenvalue weighted by molar-refractivity contribution is -0.0213. The first-order valence-corrected chi connectivity index (χ1v) is 6.45. The zero-order chi connectivity index (χ0) is 12.6. The predicted octanol–water partition coefficient (Wildman–Crippen LogP) is 2.56. The van der Waals surface area contributed by atoms with E-state index in [4.69, 9.17) is 9.47 Å². The van der Waals surface area contributed by atoms with Crippen LogP contribution < -0.4 is 0 Å². The van der Waals surface area contributed by atoms with Gasteiger partial charge in [-0.15, -0.1) is 0 Å². The third kappa shape index (κ3) is 2.73. The summed E-state index contributed by atoms with van der Waals surface area (Å²) >= 11 is 0. The van der Waals surface area contributed by atoms with Gasteiger partial charge in [0.2, 0.25) is 0 Å². The Balaban J connectivity index is 2.01. The van der Waals surface area contributed by atoms with Crippen LogP contribution in [0.1, 0.15) is 46.5 Å². The molecule has 4 nitrogen and oxygen atoms in total. The van der Waals surface area contributed by atoms with Crippen LogP contribution in [-0.2, 0) is 9.47 Å². The van der Waals surface area contributed by atoms with Crippen LogP contribution in [0.4, 0.5) is 4.79 Å². The molecule has 3 atom stereocenters. The fraction of sp³-hybridized carbons (Fsp3) is 0.923. The number of carbonyl (C=O) groups is 1. The quantitative estimate of drug-likeness (QED) is 0.708. The molecule has 0 N–H and O–H groups in total. The van der Waals surface area contributed by atoms with Gasteiger partial charge in [-0.1, -0.05) is 0 Å². The van der Waals surface area contributed by atoms with Gasteiger partial charge in [0.05, 0.1) is 6.10 Å². The van der Waals surface area contributed by atoms with Crippen molar-refractivity contribution in [2.24, 2.45) is 0 Å². The van der Waals surface area contributed by atoms with E-state index < -0.39 is 5.60 Å².